The minimum Gasteiger partial charge on any atom is -0.345 e. The van der Waals surface area contributed by atoms with E-state index in [-0.39, 0.29) is 5.91 Å². The number of rotatable bonds is 5. The first-order chi connectivity index (χ1) is 10.0. The van der Waals surface area contributed by atoms with E-state index in [0.717, 1.165) is 24.0 Å². The number of carbonyl (C=O) groups excluding carboxylic acids is 1. The summed E-state index contributed by atoms with van der Waals surface area (Å²) in [6.45, 7) is 8.74. The third-order valence-electron chi connectivity index (χ3n) is 3.10. The van der Waals surface area contributed by atoms with E-state index in [1.165, 1.54) is 11.1 Å². The summed E-state index contributed by atoms with van der Waals surface area (Å²) >= 11 is 0. The Bertz CT molecular complexity index is 476. The van der Waals surface area contributed by atoms with Crippen molar-refractivity contribution < 1.29 is 4.79 Å². The Morgan fingerprint density at radius 3 is 2.33 bits per heavy atom. The highest BCUT2D eigenvalue weighted by molar-refractivity contribution is 5.95. The van der Waals surface area contributed by atoms with Gasteiger partial charge in [-0.1, -0.05) is 39.0 Å². The lowest BCUT2D eigenvalue weighted by Crippen LogP contribution is -2.22. The van der Waals surface area contributed by atoms with Gasteiger partial charge in [-0.2, -0.15) is 0 Å². The van der Waals surface area contributed by atoms with Crippen LogP contribution in [0.25, 0.3) is 5.57 Å². The molecule has 0 radical (unpaired) electrons. The first-order valence-electron chi connectivity index (χ1n) is 7.73. The maximum Gasteiger partial charge on any atom is 0.253 e. The molecular weight excluding hydrogens is 260 g/mol. The fraction of sp³-hybridized carbons (Fsp3) is 0.500. The molecule has 2 N–H and O–H groups in total. The second-order valence-corrected chi connectivity index (χ2v) is 4.91. The van der Waals surface area contributed by atoms with Crippen LogP contribution in [0, 0.1) is 6.92 Å². The van der Waals surface area contributed by atoms with Crippen LogP contribution in [-0.2, 0) is 0 Å². The van der Waals surface area contributed by atoms with Crippen molar-refractivity contribution in [3.05, 3.63) is 41.0 Å². The Morgan fingerprint density at radius 1 is 1.29 bits per heavy atom. The smallest absolute Gasteiger partial charge is 0.253 e. The molecule has 0 atom stereocenters. The highest BCUT2D eigenvalue weighted by Crippen LogP contribution is 2.22. The van der Waals surface area contributed by atoms with Gasteiger partial charge in [-0.25, -0.2) is 0 Å². The summed E-state index contributed by atoms with van der Waals surface area (Å²) in [6, 6.07) is 6.00. The number of aryl methyl sites for hydroxylation is 1. The van der Waals surface area contributed by atoms with E-state index >= 15 is 0 Å². The standard InChI is InChI=1S/C16H24N2O.C2H6/c1-5-6-13(9-10-17)14-7-8-15(12(2)11-14)16(19)18(3)4;1-2/h6-8,11H,5,9-10,17H2,1-4H3;1-2H3/b13-6+;. The number of nitrogens with zero attached hydrogens (tertiary/aromatic N) is 1. The van der Waals surface area contributed by atoms with Gasteiger partial charge in [-0.3, -0.25) is 4.79 Å². The van der Waals surface area contributed by atoms with Crippen LogP contribution in [0.2, 0.25) is 0 Å². The number of hydrogen-bond acceptors (Lipinski definition) is 2. The molecule has 0 spiro atoms. The van der Waals surface area contributed by atoms with E-state index in [4.69, 9.17) is 5.73 Å². The van der Waals surface area contributed by atoms with Gasteiger partial charge >= 0.3 is 0 Å². The van der Waals surface area contributed by atoms with Crippen molar-refractivity contribution in [1.29, 1.82) is 0 Å². The molecule has 3 heteroatoms. The van der Waals surface area contributed by atoms with Gasteiger partial charge in [-0.15, -0.1) is 0 Å². The highest BCUT2D eigenvalue weighted by Gasteiger charge is 2.12. The van der Waals surface area contributed by atoms with Crippen LogP contribution in [0.5, 0.6) is 0 Å². The van der Waals surface area contributed by atoms with Crippen molar-refractivity contribution in [2.24, 2.45) is 5.73 Å². The fourth-order valence-corrected chi connectivity index (χ4v) is 2.11. The maximum absolute atomic E-state index is 12.0. The quantitative estimate of drug-likeness (QED) is 0.895. The predicted octanol–water partition coefficient (Wildman–Crippen LogP) is 3.87. The van der Waals surface area contributed by atoms with Crippen LogP contribution in [0.4, 0.5) is 0 Å². The van der Waals surface area contributed by atoms with E-state index in [0.29, 0.717) is 6.54 Å². The fourth-order valence-electron chi connectivity index (χ4n) is 2.11. The Kier molecular flexibility index (Phi) is 9.39. The Balaban J connectivity index is 0.00000191. The molecule has 118 valence electrons. The van der Waals surface area contributed by atoms with Gasteiger partial charge in [-0.05, 0) is 49.1 Å². The number of amides is 1. The van der Waals surface area contributed by atoms with Gasteiger partial charge in [0.05, 0.1) is 0 Å². The van der Waals surface area contributed by atoms with Gasteiger partial charge in [0.25, 0.3) is 5.91 Å². The first-order valence-corrected chi connectivity index (χ1v) is 7.73. The molecule has 0 fully saturated rings. The van der Waals surface area contributed by atoms with Crippen LogP contribution in [0.3, 0.4) is 0 Å². The third kappa shape index (κ3) is 5.72. The topological polar surface area (TPSA) is 46.3 Å². The molecule has 0 aromatic heterocycles. The summed E-state index contributed by atoms with van der Waals surface area (Å²) in [6.07, 6.45) is 4.07. The predicted molar refractivity (Wildman–Crippen MR) is 92.5 cm³/mol. The monoisotopic (exact) mass is 290 g/mol. The van der Waals surface area contributed by atoms with Crippen molar-refractivity contribution in [2.45, 2.75) is 40.5 Å². The number of allylic oxidation sites excluding steroid dienone is 1. The molecule has 3 nitrogen and oxygen atoms in total. The van der Waals surface area contributed by atoms with E-state index in [1.807, 2.05) is 32.9 Å². The summed E-state index contributed by atoms with van der Waals surface area (Å²) in [5.41, 5.74) is 9.85. The molecule has 21 heavy (non-hydrogen) atoms. The maximum atomic E-state index is 12.0. The van der Waals surface area contributed by atoms with Gasteiger partial charge in [0.1, 0.15) is 0 Å². The van der Waals surface area contributed by atoms with Gasteiger partial charge in [0, 0.05) is 19.7 Å². The summed E-state index contributed by atoms with van der Waals surface area (Å²) in [7, 11) is 3.54. The number of hydrogen-bond donors (Lipinski definition) is 1. The highest BCUT2D eigenvalue weighted by atomic mass is 16.2. The Hall–Kier alpha value is -1.61. The molecule has 0 saturated carbocycles. The minimum absolute atomic E-state index is 0.0453. The number of carbonyl (C=O) groups is 1. The van der Waals surface area contributed by atoms with Crippen molar-refractivity contribution in [3.63, 3.8) is 0 Å². The summed E-state index contributed by atoms with van der Waals surface area (Å²) in [5, 5.41) is 0. The van der Waals surface area contributed by atoms with E-state index in [9.17, 15) is 4.79 Å². The van der Waals surface area contributed by atoms with E-state index in [1.54, 1.807) is 19.0 Å². The Morgan fingerprint density at radius 2 is 1.90 bits per heavy atom. The normalized spacial score (nSPS) is 10.7. The lowest BCUT2D eigenvalue weighted by Gasteiger charge is -2.14. The zero-order valence-electron chi connectivity index (χ0n) is 14.4. The summed E-state index contributed by atoms with van der Waals surface area (Å²) in [4.78, 5) is 13.6. The molecule has 0 unspecified atom stereocenters. The molecule has 0 heterocycles. The number of benzene rings is 1. The minimum atomic E-state index is 0.0453. The number of nitrogens with two attached hydrogens (primary N) is 1. The Labute approximate surface area is 129 Å². The largest absolute Gasteiger partial charge is 0.345 e. The van der Waals surface area contributed by atoms with Gasteiger partial charge in [0.15, 0.2) is 0 Å². The SMILES string of the molecule is CC.CC/C=C(\CCN)c1ccc(C(=O)N(C)C)c(C)c1. The summed E-state index contributed by atoms with van der Waals surface area (Å²) < 4.78 is 0. The van der Waals surface area contributed by atoms with E-state index < -0.39 is 0 Å². The van der Waals surface area contributed by atoms with Crippen LogP contribution in [-0.4, -0.2) is 31.4 Å². The molecule has 1 aromatic carbocycles. The molecule has 0 bridgehead atoms. The lowest BCUT2D eigenvalue weighted by atomic mass is 9.97. The average molecular weight is 290 g/mol. The lowest BCUT2D eigenvalue weighted by molar-refractivity contribution is 0.0827. The molecule has 1 amide bonds. The van der Waals surface area contributed by atoms with Crippen LogP contribution in [0.15, 0.2) is 24.3 Å². The zero-order chi connectivity index (χ0) is 16.4. The molecule has 0 aliphatic heterocycles. The molecule has 0 aliphatic rings. The van der Waals surface area contributed by atoms with Crippen LogP contribution in [0.1, 0.15) is 55.1 Å². The van der Waals surface area contributed by atoms with E-state index in [2.05, 4.69) is 19.1 Å². The van der Waals surface area contributed by atoms with Crippen LogP contribution >= 0.6 is 0 Å². The zero-order valence-corrected chi connectivity index (χ0v) is 14.4. The second kappa shape index (κ2) is 10.2. The average Bonchev–Trinajstić information content (AvgIpc) is 2.48. The molecule has 1 aromatic rings. The van der Waals surface area contributed by atoms with Crippen molar-refractivity contribution in [3.8, 4) is 0 Å². The third-order valence-corrected chi connectivity index (χ3v) is 3.10. The molecular formula is C18H30N2O. The molecule has 1 rings (SSSR count). The second-order valence-electron chi connectivity index (χ2n) is 4.91. The van der Waals surface area contributed by atoms with Gasteiger partial charge in [0.2, 0.25) is 0 Å². The molecule has 0 aliphatic carbocycles. The summed E-state index contributed by atoms with van der Waals surface area (Å²) in [5.74, 6) is 0.0453. The van der Waals surface area contributed by atoms with Crippen molar-refractivity contribution in [1.82, 2.24) is 4.90 Å². The van der Waals surface area contributed by atoms with Crippen molar-refractivity contribution in [2.75, 3.05) is 20.6 Å². The van der Waals surface area contributed by atoms with Gasteiger partial charge < -0.3 is 10.6 Å². The van der Waals surface area contributed by atoms with Crippen molar-refractivity contribution >= 4 is 11.5 Å². The van der Waals surface area contributed by atoms with Crippen LogP contribution < -0.4 is 5.73 Å². The molecule has 0 saturated heterocycles. The first kappa shape index (κ1) is 19.4.